The maximum Gasteiger partial charge on any atom is 0.239 e. The van der Waals surface area contributed by atoms with Crippen LogP contribution in [0, 0.1) is 0 Å². The Kier molecular flexibility index (Phi) is 3.07. The highest BCUT2D eigenvalue weighted by atomic mass is 32.1. The maximum atomic E-state index is 11.6. The molecule has 0 bridgehead atoms. The summed E-state index contributed by atoms with van der Waals surface area (Å²) in [5.74, 6) is 0.102. The summed E-state index contributed by atoms with van der Waals surface area (Å²) in [5, 5.41) is 2.09. The van der Waals surface area contributed by atoms with E-state index in [9.17, 15) is 4.79 Å². The van der Waals surface area contributed by atoms with Gasteiger partial charge < -0.3 is 10.6 Å². The lowest BCUT2D eigenvalue weighted by molar-refractivity contribution is -0.129. The monoisotopic (exact) mass is 224 g/mol. The number of nitrogens with zero attached hydrogens (tertiary/aromatic N) is 1. The second-order valence-corrected chi connectivity index (χ2v) is 4.88. The molecule has 2 N–H and O–H groups in total. The van der Waals surface area contributed by atoms with Crippen LogP contribution in [0.1, 0.15) is 23.8 Å². The van der Waals surface area contributed by atoms with E-state index in [0.717, 1.165) is 25.9 Å². The van der Waals surface area contributed by atoms with Crippen LogP contribution in [0.2, 0.25) is 0 Å². The minimum Gasteiger partial charge on any atom is -0.336 e. The second kappa shape index (κ2) is 4.33. The van der Waals surface area contributed by atoms with Gasteiger partial charge in [0.25, 0.3) is 0 Å². The van der Waals surface area contributed by atoms with Gasteiger partial charge in [-0.1, -0.05) is 6.92 Å². The summed E-state index contributed by atoms with van der Waals surface area (Å²) in [6, 6.07) is 1.87. The standard InChI is InChI=1S/C11H16N2OS/c1-2-8-4-6-15-10(8)7-13-5-3-9(12)11(13)14/h4,6,9H,2-3,5,7,12H2,1H3. The van der Waals surface area contributed by atoms with Crippen molar-refractivity contribution >= 4 is 17.2 Å². The third-order valence-corrected chi connectivity index (χ3v) is 3.84. The Labute approximate surface area is 93.9 Å². The fourth-order valence-electron chi connectivity index (χ4n) is 1.91. The smallest absolute Gasteiger partial charge is 0.239 e. The lowest BCUT2D eigenvalue weighted by Crippen LogP contribution is -2.33. The molecule has 2 heterocycles. The molecule has 0 saturated carbocycles. The lowest BCUT2D eigenvalue weighted by atomic mass is 10.2. The molecule has 0 aromatic carbocycles. The molecule has 0 radical (unpaired) electrons. The first-order valence-electron chi connectivity index (χ1n) is 5.32. The Bertz CT molecular complexity index is 361. The fraction of sp³-hybridized carbons (Fsp3) is 0.545. The minimum absolute atomic E-state index is 0.102. The highest BCUT2D eigenvalue weighted by molar-refractivity contribution is 7.10. The van der Waals surface area contributed by atoms with Crippen molar-refractivity contribution in [1.82, 2.24) is 4.90 Å². The van der Waals surface area contributed by atoms with Crippen LogP contribution in [0.15, 0.2) is 11.4 Å². The van der Waals surface area contributed by atoms with E-state index in [2.05, 4.69) is 18.4 Å². The zero-order chi connectivity index (χ0) is 10.8. The highest BCUT2D eigenvalue weighted by Gasteiger charge is 2.28. The Hall–Kier alpha value is -0.870. The molecule has 1 unspecified atom stereocenters. The van der Waals surface area contributed by atoms with Crippen molar-refractivity contribution in [2.45, 2.75) is 32.4 Å². The summed E-state index contributed by atoms with van der Waals surface area (Å²) in [7, 11) is 0. The number of carbonyl (C=O) groups is 1. The molecular formula is C11H16N2OS. The number of thiophene rings is 1. The van der Waals surface area contributed by atoms with Crippen LogP contribution in [0.25, 0.3) is 0 Å². The molecule has 1 aromatic rings. The van der Waals surface area contributed by atoms with Crippen LogP contribution in [-0.4, -0.2) is 23.4 Å². The molecule has 1 fully saturated rings. The van der Waals surface area contributed by atoms with Crippen LogP contribution in [0.5, 0.6) is 0 Å². The summed E-state index contributed by atoms with van der Waals surface area (Å²) in [4.78, 5) is 14.8. The summed E-state index contributed by atoms with van der Waals surface area (Å²) in [6.07, 6.45) is 1.83. The van der Waals surface area contributed by atoms with Crippen LogP contribution in [0.3, 0.4) is 0 Å². The molecule has 1 aliphatic heterocycles. The molecule has 1 saturated heterocycles. The summed E-state index contributed by atoms with van der Waals surface area (Å²) >= 11 is 1.73. The molecule has 1 aromatic heterocycles. The van der Waals surface area contributed by atoms with Gasteiger partial charge in [0.15, 0.2) is 0 Å². The topological polar surface area (TPSA) is 46.3 Å². The van der Waals surface area contributed by atoms with Crippen LogP contribution in [-0.2, 0) is 17.8 Å². The van der Waals surface area contributed by atoms with Crippen molar-refractivity contribution in [2.75, 3.05) is 6.54 Å². The van der Waals surface area contributed by atoms with Gasteiger partial charge in [-0.15, -0.1) is 11.3 Å². The lowest BCUT2D eigenvalue weighted by Gasteiger charge is -2.15. The first-order valence-corrected chi connectivity index (χ1v) is 6.20. The molecule has 1 amide bonds. The quantitative estimate of drug-likeness (QED) is 0.843. The number of likely N-dealkylation sites (tertiary alicyclic amines) is 1. The first-order chi connectivity index (χ1) is 7.22. The van der Waals surface area contributed by atoms with E-state index in [0.29, 0.717) is 0 Å². The van der Waals surface area contributed by atoms with E-state index >= 15 is 0 Å². The van der Waals surface area contributed by atoms with Crippen molar-refractivity contribution in [3.8, 4) is 0 Å². The van der Waals surface area contributed by atoms with E-state index in [1.54, 1.807) is 11.3 Å². The average Bonchev–Trinajstić information content (AvgIpc) is 2.80. The third kappa shape index (κ3) is 2.06. The first kappa shape index (κ1) is 10.6. The van der Waals surface area contributed by atoms with Crippen LogP contribution < -0.4 is 5.73 Å². The van der Waals surface area contributed by atoms with Crippen LogP contribution >= 0.6 is 11.3 Å². The van der Waals surface area contributed by atoms with Gasteiger partial charge in [0.1, 0.15) is 0 Å². The molecule has 4 heteroatoms. The second-order valence-electron chi connectivity index (χ2n) is 3.88. The Morgan fingerprint density at radius 1 is 1.67 bits per heavy atom. The largest absolute Gasteiger partial charge is 0.336 e. The number of amides is 1. The molecule has 15 heavy (non-hydrogen) atoms. The van der Waals surface area contributed by atoms with Gasteiger partial charge in [0, 0.05) is 11.4 Å². The van der Waals surface area contributed by atoms with Gasteiger partial charge in [-0.2, -0.15) is 0 Å². The Morgan fingerprint density at radius 2 is 2.47 bits per heavy atom. The van der Waals surface area contributed by atoms with E-state index in [1.165, 1.54) is 10.4 Å². The molecular weight excluding hydrogens is 208 g/mol. The zero-order valence-corrected chi connectivity index (χ0v) is 9.72. The highest BCUT2D eigenvalue weighted by Crippen LogP contribution is 2.21. The maximum absolute atomic E-state index is 11.6. The van der Waals surface area contributed by atoms with E-state index in [4.69, 9.17) is 5.73 Å². The summed E-state index contributed by atoms with van der Waals surface area (Å²) < 4.78 is 0. The van der Waals surface area contributed by atoms with Crippen molar-refractivity contribution in [2.24, 2.45) is 5.73 Å². The molecule has 0 spiro atoms. The third-order valence-electron chi connectivity index (χ3n) is 2.89. The van der Waals surface area contributed by atoms with Gasteiger partial charge in [-0.05, 0) is 29.9 Å². The fourth-order valence-corrected chi connectivity index (χ4v) is 2.90. The summed E-state index contributed by atoms with van der Waals surface area (Å²) in [5.41, 5.74) is 7.04. The Balaban J connectivity index is 2.06. The van der Waals surface area contributed by atoms with Crippen molar-refractivity contribution in [3.05, 3.63) is 21.9 Å². The SMILES string of the molecule is CCc1ccsc1CN1CCC(N)C1=O. The molecule has 0 aliphatic carbocycles. The van der Waals surface area contributed by atoms with Crippen LogP contribution in [0.4, 0.5) is 0 Å². The van der Waals surface area contributed by atoms with E-state index < -0.39 is 0 Å². The summed E-state index contributed by atoms with van der Waals surface area (Å²) in [6.45, 7) is 3.69. The number of hydrogen-bond acceptors (Lipinski definition) is 3. The molecule has 1 aliphatic rings. The normalized spacial score (nSPS) is 21.3. The number of hydrogen-bond donors (Lipinski definition) is 1. The van der Waals surface area contributed by atoms with E-state index in [1.807, 2.05) is 4.90 Å². The number of aryl methyl sites for hydroxylation is 1. The van der Waals surface area contributed by atoms with Gasteiger partial charge >= 0.3 is 0 Å². The van der Waals surface area contributed by atoms with E-state index in [-0.39, 0.29) is 11.9 Å². The zero-order valence-electron chi connectivity index (χ0n) is 8.90. The Morgan fingerprint density at radius 3 is 3.07 bits per heavy atom. The molecule has 1 atom stereocenters. The molecule has 3 nitrogen and oxygen atoms in total. The van der Waals surface area contributed by atoms with Gasteiger partial charge in [-0.3, -0.25) is 4.79 Å². The number of nitrogens with two attached hydrogens (primary N) is 1. The van der Waals surface area contributed by atoms with Gasteiger partial charge in [-0.25, -0.2) is 0 Å². The molecule has 2 rings (SSSR count). The predicted molar refractivity (Wildman–Crippen MR) is 61.7 cm³/mol. The van der Waals surface area contributed by atoms with Crippen molar-refractivity contribution < 1.29 is 4.79 Å². The minimum atomic E-state index is -0.268. The number of carbonyl (C=O) groups excluding carboxylic acids is 1. The van der Waals surface area contributed by atoms with Crippen molar-refractivity contribution in [1.29, 1.82) is 0 Å². The average molecular weight is 224 g/mol. The van der Waals surface area contributed by atoms with Gasteiger partial charge in [0.05, 0.1) is 12.6 Å². The number of rotatable bonds is 3. The van der Waals surface area contributed by atoms with Gasteiger partial charge in [0.2, 0.25) is 5.91 Å². The predicted octanol–water partition coefficient (Wildman–Crippen LogP) is 1.37. The van der Waals surface area contributed by atoms with Crippen molar-refractivity contribution in [3.63, 3.8) is 0 Å². The molecule has 82 valence electrons.